The Labute approximate surface area is 112 Å². The van der Waals surface area contributed by atoms with E-state index in [0.29, 0.717) is 19.6 Å². The molecule has 19 heavy (non-hydrogen) atoms. The summed E-state index contributed by atoms with van der Waals surface area (Å²) in [5, 5.41) is 0. The van der Waals surface area contributed by atoms with Crippen LogP contribution in [0.25, 0.3) is 0 Å². The van der Waals surface area contributed by atoms with Crippen molar-refractivity contribution in [1.29, 1.82) is 0 Å². The minimum atomic E-state index is -3.64. The fraction of sp³-hybridized carbons (Fsp3) is 0.385. The zero-order valence-electron chi connectivity index (χ0n) is 10.4. The fourth-order valence-corrected chi connectivity index (χ4v) is 3.35. The lowest BCUT2D eigenvalue weighted by Crippen LogP contribution is -2.39. The molecule has 1 saturated heterocycles. The Balaban J connectivity index is 2.12. The SMILES string of the molecule is C=CC[C@@H]1COC[C@@H]1NS(=O)(=O)c1ccc(F)cc1. The number of halogens is 1. The van der Waals surface area contributed by atoms with Gasteiger partial charge in [-0.05, 0) is 30.7 Å². The molecule has 1 N–H and O–H groups in total. The highest BCUT2D eigenvalue weighted by Crippen LogP contribution is 2.20. The maximum absolute atomic E-state index is 12.8. The van der Waals surface area contributed by atoms with E-state index >= 15 is 0 Å². The second kappa shape index (κ2) is 5.81. The molecule has 0 aliphatic carbocycles. The number of sulfonamides is 1. The second-order valence-electron chi connectivity index (χ2n) is 4.50. The minimum Gasteiger partial charge on any atom is -0.379 e. The molecule has 2 atom stereocenters. The average molecular weight is 285 g/mol. The van der Waals surface area contributed by atoms with Crippen molar-refractivity contribution in [3.63, 3.8) is 0 Å². The fourth-order valence-electron chi connectivity index (χ4n) is 2.06. The highest BCUT2D eigenvalue weighted by atomic mass is 32.2. The molecular weight excluding hydrogens is 269 g/mol. The van der Waals surface area contributed by atoms with Gasteiger partial charge in [-0.15, -0.1) is 6.58 Å². The third-order valence-corrected chi connectivity index (χ3v) is 4.60. The van der Waals surface area contributed by atoms with Gasteiger partial charge < -0.3 is 4.74 Å². The van der Waals surface area contributed by atoms with Crippen LogP contribution in [-0.4, -0.2) is 27.7 Å². The second-order valence-corrected chi connectivity index (χ2v) is 6.22. The van der Waals surface area contributed by atoms with E-state index in [1.807, 2.05) is 0 Å². The van der Waals surface area contributed by atoms with Crippen molar-refractivity contribution in [3.8, 4) is 0 Å². The first-order valence-corrected chi connectivity index (χ1v) is 7.48. The van der Waals surface area contributed by atoms with Gasteiger partial charge in [-0.3, -0.25) is 0 Å². The van der Waals surface area contributed by atoms with Crippen molar-refractivity contribution in [2.45, 2.75) is 17.4 Å². The van der Waals surface area contributed by atoms with E-state index < -0.39 is 15.8 Å². The van der Waals surface area contributed by atoms with Gasteiger partial charge in [-0.25, -0.2) is 17.5 Å². The molecule has 1 aromatic rings. The molecule has 1 heterocycles. The number of allylic oxidation sites excluding steroid dienone is 1. The molecule has 104 valence electrons. The van der Waals surface area contributed by atoms with E-state index in [-0.39, 0.29) is 16.9 Å². The third-order valence-electron chi connectivity index (χ3n) is 3.10. The van der Waals surface area contributed by atoms with Crippen LogP contribution in [0.1, 0.15) is 6.42 Å². The third kappa shape index (κ3) is 3.40. The molecule has 1 aromatic carbocycles. The summed E-state index contributed by atoms with van der Waals surface area (Å²) in [6.45, 7) is 4.51. The van der Waals surface area contributed by atoms with Gasteiger partial charge in [0.2, 0.25) is 10.0 Å². The maximum atomic E-state index is 12.8. The summed E-state index contributed by atoms with van der Waals surface area (Å²) in [6.07, 6.45) is 2.44. The van der Waals surface area contributed by atoms with Crippen LogP contribution in [0.2, 0.25) is 0 Å². The monoisotopic (exact) mass is 285 g/mol. The van der Waals surface area contributed by atoms with Crippen LogP contribution >= 0.6 is 0 Å². The van der Waals surface area contributed by atoms with Crippen LogP contribution in [0.15, 0.2) is 41.8 Å². The summed E-state index contributed by atoms with van der Waals surface area (Å²) < 4.78 is 45.0. The summed E-state index contributed by atoms with van der Waals surface area (Å²) in [5.41, 5.74) is 0. The summed E-state index contributed by atoms with van der Waals surface area (Å²) in [5.74, 6) is -0.375. The molecule has 0 amide bonds. The van der Waals surface area contributed by atoms with E-state index in [1.165, 1.54) is 12.1 Å². The van der Waals surface area contributed by atoms with Crippen LogP contribution in [0.3, 0.4) is 0 Å². The van der Waals surface area contributed by atoms with Gasteiger partial charge in [0.25, 0.3) is 0 Å². The molecular formula is C13H16FNO3S. The minimum absolute atomic E-state index is 0.0538. The quantitative estimate of drug-likeness (QED) is 0.838. The normalized spacial score (nSPS) is 23.4. The van der Waals surface area contributed by atoms with Crippen LogP contribution in [0, 0.1) is 11.7 Å². The predicted octanol–water partition coefficient (Wildman–Crippen LogP) is 1.70. The molecule has 4 nitrogen and oxygen atoms in total. The van der Waals surface area contributed by atoms with Crippen LogP contribution < -0.4 is 4.72 Å². The lowest BCUT2D eigenvalue weighted by molar-refractivity contribution is 0.184. The van der Waals surface area contributed by atoms with Crippen molar-refractivity contribution in [3.05, 3.63) is 42.7 Å². The van der Waals surface area contributed by atoms with E-state index in [9.17, 15) is 12.8 Å². The van der Waals surface area contributed by atoms with Crippen molar-refractivity contribution in [1.82, 2.24) is 4.72 Å². The first kappa shape index (κ1) is 14.2. The van der Waals surface area contributed by atoms with Crippen molar-refractivity contribution < 1.29 is 17.5 Å². The maximum Gasteiger partial charge on any atom is 0.240 e. The molecule has 0 radical (unpaired) electrons. The Morgan fingerprint density at radius 2 is 2.05 bits per heavy atom. The number of ether oxygens (including phenoxy) is 1. The smallest absolute Gasteiger partial charge is 0.240 e. The molecule has 6 heteroatoms. The van der Waals surface area contributed by atoms with Gasteiger partial charge in [0, 0.05) is 5.92 Å². The molecule has 0 bridgehead atoms. The Morgan fingerprint density at radius 1 is 1.37 bits per heavy atom. The number of hydrogen-bond acceptors (Lipinski definition) is 3. The number of benzene rings is 1. The van der Waals surface area contributed by atoms with Gasteiger partial charge in [0.05, 0.1) is 24.2 Å². The number of hydrogen-bond donors (Lipinski definition) is 1. The van der Waals surface area contributed by atoms with Crippen molar-refractivity contribution in [2.24, 2.45) is 5.92 Å². The standard InChI is InChI=1S/C13H16FNO3S/c1-2-3-10-8-18-9-13(10)15-19(16,17)12-6-4-11(14)5-7-12/h2,4-7,10,13,15H,1,3,8-9H2/t10-,13+/m1/s1. The van der Waals surface area contributed by atoms with Gasteiger partial charge >= 0.3 is 0 Å². The number of rotatable bonds is 5. The Kier molecular flexibility index (Phi) is 4.34. The molecule has 0 spiro atoms. The van der Waals surface area contributed by atoms with E-state index in [4.69, 9.17) is 4.74 Å². The van der Waals surface area contributed by atoms with Gasteiger partial charge in [-0.2, -0.15) is 0 Å². The van der Waals surface area contributed by atoms with Gasteiger partial charge in [0.15, 0.2) is 0 Å². The van der Waals surface area contributed by atoms with E-state index in [2.05, 4.69) is 11.3 Å². The van der Waals surface area contributed by atoms with Gasteiger partial charge in [0.1, 0.15) is 5.82 Å². The van der Waals surface area contributed by atoms with Crippen LogP contribution in [0.5, 0.6) is 0 Å². The summed E-state index contributed by atoms with van der Waals surface area (Å²) >= 11 is 0. The summed E-state index contributed by atoms with van der Waals surface area (Å²) in [7, 11) is -3.64. The van der Waals surface area contributed by atoms with Crippen LogP contribution in [0.4, 0.5) is 4.39 Å². The largest absolute Gasteiger partial charge is 0.379 e. The zero-order chi connectivity index (χ0) is 13.9. The molecule has 0 unspecified atom stereocenters. The molecule has 1 aliphatic rings. The zero-order valence-corrected chi connectivity index (χ0v) is 11.2. The Morgan fingerprint density at radius 3 is 2.68 bits per heavy atom. The molecule has 0 saturated carbocycles. The summed E-state index contributed by atoms with van der Waals surface area (Å²) in [4.78, 5) is 0.0538. The van der Waals surface area contributed by atoms with Crippen LogP contribution in [-0.2, 0) is 14.8 Å². The highest BCUT2D eigenvalue weighted by Gasteiger charge is 2.31. The van der Waals surface area contributed by atoms with E-state index in [1.54, 1.807) is 6.08 Å². The number of nitrogens with one attached hydrogen (secondary N) is 1. The van der Waals surface area contributed by atoms with Crippen molar-refractivity contribution in [2.75, 3.05) is 13.2 Å². The van der Waals surface area contributed by atoms with Gasteiger partial charge in [-0.1, -0.05) is 6.08 Å². The highest BCUT2D eigenvalue weighted by molar-refractivity contribution is 7.89. The lowest BCUT2D eigenvalue weighted by atomic mass is 10.0. The Bertz CT molecular complexity index is 542. The molecule has 0 aromatic heterocycles. The predicted molar refractivity (Wildman–Crippen MR) is 69.6 cm³/mol. The lowest BCUT2D eigenvalue weighted by Gasteiger charge is -2.17. The molecule has 1 fully saturated rings. The van der Waals surface area contributed by atoms with E-state index in [0.717, 1.165) is 12.1 Å². The average Bonchev–Trinajstić information content (AvgIpc) is 2.77. The summed E-state index contributed by atoms with van der Waals surface area (Å²) in [6, 6.07) is 4.47. The topological polar surface area (TPSA) is 55.4 Å². The molecule has 1 aliphatic heterocycles. The molecule has 2 rings (SSSR count). The first-order valence-electron chi connectivity index (χ1n) is 5.99. The Hall–Kier alpha value is -1.24. The van der Waals surface area contributed by atoms with Crippen molar-refractivity contribution >= 4 is 10.0 Å². The first-order chi connectivity index (χ1) is 9.03.